The van der Waals surface area contributed by atoms with Gasteiger partial charge in [-0.15, -0.1) is 0 Å². The van der Waals surface area contributed by atoms with Gasteiger partial charge in [-0.25, -0.2) is 5.43 Å². The van der Waals surface area contributed by atoms with Gasteiger partial charge >= 0.3 is 0 Å². The highest BCUT2D eigenvalue weighted by molar-refractivity contribution is 7.92. The summed E-state index contributed by atoms with van der Waals surface area (Å²) in [6.07, 6.45) is 0. The minimum atomic E-state index is -4.35. The summed E-state index contributed by atoms with van der Waals surface area (Å²) in [5, 5.41) is 11.1. The number of para-hydroxylation sites is 1. The van der Waals surface area contributed by atoms with Crippen molar-refractivity contribution in [2.24, 2.45) is 0 Å². The molecule has 3 aromatic carbocycles. The second kappa shape index (κ2) is 8.11. The second-order valence-corrected chi connectivity index (χ2v) is 7.87. The smallest absolute Gasteiger partial charge is 0.267 e. The van der Waals surface area contributed by atoms with Crippen molar-refractivity contribution in [3.63, 3.8) is 0 Å². The number of amides is 1. The van der Waals surface area contributed by atoms with Crippen molar-refractivity contribution in [1.29, 1.82) is 0 Å². The second-order valence-electron chi connectivity index (χ2n) is 6.12. The Morgan fingerprint density at radius 2 is 1.55 bits per heavy atom. The molecule has 0 saturated carbocycles. The molecule has 0 heterocycles. The Hall–Kier alpha value is -3.72. The summed E-state index contributed by atoms with van der Waals surface area (Å²) in [6.45, 7) is 1.53. The summed E-state index contributed by atoms with van der Waals surface area (Å²) < 4.78 is 27.5. The van der Waals surface area contributed by atoms with Crippen LogP contribution in [0.4, 0.5) is 11.4 Å². The zero-order chi connectivity index (χ0) is 21.0. The Morgan fingerprint density at radius 1 is 0.966 bits per heavy atom. The fraction of sp³-hybridized carbons (Fsp3) is 0.0500. The van der Waals surface area contributed by atoms with Gasteiger partial charge in [-0.3, -0.25) is 14.9 Å². The third-order valence-corrected chi connectivity index (χ3v) is 5.91. The van der Waals surface area contributed by atoms with Crippen LogP contribution >= 0.6 is 0 Å². The molecule has 0 atom stereocenters. The van der Waals surface area contributed by atoms with Crippen LogP contribution in [0.15, 0.2) is 83.8 Å². The van der Waals surface area contributed by atoms with E-state index in [0.717, 1.165) is 10.5 Å². The van der Waals surface area contributed by atoms with E-state index in [2.05, 4.69) is 5.43 Å². The van der Waals surface area contributed by atoms with Gasteiger partial charge in [-0.2, -0.15) is 12.8 Å². The maximum Gasteiger partial charge on any atom is 0.282 e. The Morgan fingerprint density at radius 3 is 2.14 bits per heavy atom. The van der Waals surface area contributed by atoms with Crippen LogP contribution < -0.4 is 9.84 Å². The van der Waals surface area contributed by atoms with Crippen LogP contribution in [-0.4, -0.2) is 19.2 Å². The molecule has 0 spiro atoms. The predicted octanol–water partition coefficient (Wildman–Crippen LogP) is 3.44. The molecule has 29 heavy (non-hydrogen) atoms. The molecule has 0 unspecified atom stereocenters. The topological polar surface area (TPSA) is 110 Å². The first-order chi connectivity index (χ1) is 13.8. The first-order valence-electron chi connectivity index (χ1n) is 8.52. The monoisotopic (exact) mass is 411 g/mol. The van der Waals surface area contributed by atoms with E-state index >= 15 is 0 Å². The van der Waals surface area contributed by atoms with E-state index < -0.39 is 20.9 Å². The van der Waals surface area contributed by atoms with Gasteiger partial charge in [0.15, 0.2) is 0 Å². The van der Waals surface area contributed by atoms with E-state index in [4.69, 9.17) is 0 Å². The lowest BCUT2D eigenvalue weighted by atomic mass is 10.2. The van der Waals surface area contributed by atoms with Gasteiger partial charge in [0, 0.05) is 17.7 Å². The summed E-state index contributed by atoms with van der Waals surface area (Å²) in [5.41, 5.74) is 2.79. The van der Waals surface area contributed by atoms with Crippen molar-refractivity contribution in [3.05, 3.63) is 100 Å². The molecule has 0 aliphatic rings. The van der Waals surface area contributed by atoms with E-state index in [1.54, 1.807) is 48.5 Å². The number of hydrogen-bond acceptors (Lipinski definition) is 5. The van der Waals surface area contributed by atoms with Crippen molar-refractivity contribution in [3.8, 4) is 0 Å². The predicted molar refractivity (Wildman–Crippen MR) is 108 cm³/mol. The molecule has 3 rings (SSSR count). The number of nitro groups is 1. The van der Waals surface area contributed by atoms with E-state index in [-0.39, 0.29) is 21.8 Å². The summed E-state index contributed by atoms with van der Waals surface area (Å²) in [4.78, 5) is 22.8. The molecule has 0 radical (unpaired) electrons. The summed E-state index contributed by atoms with van der Waals surface area (Å²) in [5.74, 6) is -0.638. The van der Waals surface area contributed by atoms with E-state index in [9.17, 15) is 23.3 Å². The molecule has 0 bridgehead atoms. The van der Waals surface area contributed by atoms with Gasteiger partial charge < -0.3 is 0 Å². The number of nitrogens with zero attached hydrogens (tertiary/aromatic N) is 2. The lowest BCUT2D eigenvalue weighted by Gasteiger charge is -2.25. The van der Waals surface area contributed by atoms with Crippen LogP contribution in [0.25, 0.3) is 0 Å². The van der Waals surface area contributed by atoms with Gasteiger partial charge in [-0.05, 0) is 36.8 Å². The molecule has 0 aromatic heterocycles. The number of sulfonamides is 1. The molecule has 9 heteroatoms. The van der Waals surface area contributed by atoms with Crippen LogP contribution in [0, 0.1) is 17.0 Å². The standard InChI is InChI=1S/C20H17N3O5S/c1-15-12-13-18(23(25)26)14-19(15)29(27,28)22(17-10-6-3-7-11-17)21-20(24)16-8-4-2-5-9-16/h2-14H,1H3,(H,21,24). The number of anilines is 1. The highest BCUT2D eigenvalue weighted by atomic mass is 32.2. The van der Waals surface area contributed by atoms with Gasteiger partial charge in [0.05, 0.1) is 15.5 Å². The first kappa shape index (κ1) is 20.0. The third kappa shape index (κ3) is 4.25. The number of nitrogens with one attached hydrogen (secondary N) is 1. The van der Waals surface area contributed by atoms with Crippen LogP contribution in [-0.2, 0) is 10.0 Å². The van der Waals surface area contributed by atoms with Crippen LogP contribution in [0.2, 0.25) is 0 Å². The van der Waals surface area contributed by atoms with Crippen LogP contribution in [0.1, 0.15) is 15.9 Å². The van der Waals surface area contributed by atoms with Crippen molar-refractivity contribution in [2.75, 3.05) is 4.41 Å². The zero-order valence-electron chi connectivity index (χ0n) is 15.3. The SMILES string of the molecule is Cc1ccc([N+](=O)[O-])cc1S(=O)(=O)N(NC(=O)c1ccccc1)c1ccccc1. The summed E-state index contributed by atoms with van der Waals surface area (Å²) in [6, 6.07) is 19.6. The van der Waals surface area contributed by atoms with Gasteiger partial charge in [-0.1, -0.05) is 42.5 Å². The quantitative estimate of drug-likeness (QED) is 0.493. The van der Waals surface area contributed by atoms with Gasteiger partial charge in [0.2, 0.25) is 0 Å². The number of non-ortho nitro benzene ring substituents is 1. The Balaban J connectivity index is 2.10. The number of hydrogen-bond donors (Lipinski definition) is 1. The molecule has 8 nitrogen and oxygen atoms in total. The Kier molecular flexibility index (Phi) is 5.60. The number of rotatable bonds is 6. The fourth-order valence-corrected chi connectivity index (χ4v) is 4.20. The average Bonchev–Trinajstić information content (AvgIpc) is 2.73. The molecule has 1 N–H and O–H groups in total. The maximum atomic E-state index is 13.4. The first-order valence-corrected chi connectivity index (χ1v) is 9.96. The number of nitro benzene ring substituents is 1. The van der Waals surface area contributed by atoms with Crippen molar-refractivity contribution in [2.45, 2.75) is 11.8 Å². The molecule has 1 amide bonds. The Bertz CT molecular complexity index is 1150. The largest absolute Gasteiger partial charge is 0.282 e. The number of hydrazine groups is 1. The molecule has 0 saturated heterocycles. The highest BCUT2D eigenvalue weighted by Gasteiger charge is 2.30. The lowest BCUT2D eigenvalue weighted by molar-refractivity contribution is -0.385. The fourth-order valence-electron chi connectivity index (χ4n) is 2.65. The van der Waals surface area contributed by atoms with Crippen LogP contribution in [0.5, 0.6) is 0 Å². The molecule has 148 valence electrons. The molecule has 0 aliphatic carbocycles. The molecule has 0 aliphatic heterocycles. The minimum absolute atomic E-state index is 0.183. The normalized spacial score (nSPS) is 10.9. The number of carbonyl (C=O) groups excluding carboxylic acids is 1. The molecular weight excluding hydrogens is 394 g/mol. The zero-order valence-corrected chi connectivity index (χ0v) is 16.2. The Labute approximate surface area is 167 Å². The maximum absolute atomic E-state index is 13.4. The molecular formula is C20H17N3O5S. The third-order valence-electron chi connectivity index (χ3n) is 4.13. The van der Waals surface area contributed by atoms with Crippen LogP contribution in [0.3, 0.4) is 0 Å². The highest BCUT2D eigenvalue weighted by Crippen LogP contribution is 2.27. The number of carbonyl (C=O) groups is 1. The molecule has 0 fully saturated rings. The van der Waals surface area contributed by atoms with E-state index in [1.165, 1.54) is 31.2 Å². The number of aryl methyl sites for hydroxylation is 1. The minimum Gasteiger partial charge on any atom is -0.267 e. The van der Waals surface area contributed by atoms with E-state index in [1.807, 2.05) is 0 Å². The van der Waals surface area contributed by atoms with Gasteiger partial charge in [0.25, 0.3) is 21.6 Å². The van der Waals surface area contributed by atoms with Crippen molar-refractivity contribution >= 4 is 27.3 Å². The van der Waals surface area contributed by atoms with Crippen molar-refractivity contribution < 1.29 is 18.1 Å². The van der Waals surface area contributed by atoms with Crippen molar-refractivity contribution in [1.82, 2.24) is 5.43 Å². The summed E-state index contributed by atoms with van der Waals surface area (Å²) in [7, 11) is -4.35. The van der Waals surface area contributed by atoms with E-state index in [0.29, 0.717) is 5.56 Å². The molecule has 3 aromatic rings. The average molecular weight is 411 g/mol. The summed E-state index contributed by atoms with van der Waals surface area (Å²) >= 11 is 0. The van der Waals surface area contributed by atoms with Gasteiger partial charge in [0.1, 0.15) is 0 Å². The number of benzene rings is 3. The lowest BCUT2D eigenvalue weighted by Crippen LogP contribution is -2.46.